The Labute approximate surface area is 118 Å². The molecule has 0 aliphatic carbocycles. The summed E-state index contributed by atoms with van der Waals surface area (Å²) in [6.07, 6.45) is 1.08. The number of benzene rings is 1. The van der Waals surface area contributed by atoms with Crippen molar-refractivity contribution in [2.24, 2.45) is 10.2 Å². The van der Waals surface area contributed by atoms with Crippen LogP contribution < -0.4 is 5.32 Å². The number of nitrogens with one attached hydrogen (secondary N) is 1. The number of hydrogen-bond donors (Lipinski definition) is 3. The van der Waals surface area contributed by atoms with Crippen LogP contribution in [0, 0.1) is 0 Å². The molecule has 1 aliphatic heterocycles. The van der Waals surface area contributed by atoms with E-state index in [0.717, 1.165) is 11.8 Å². The molecule has 0 spiro atoms. The minimum Gasteiger partial charge on any atom is -0.507 e. The summed E-state index contributed by atoms with van der Waals surface area (Å²) in [5.41, 5.74) is 0.494. The fourth-order valence-electron chi connectivity index (χ4n) is 1.49. The summed E-state index contributed by atoms with van der Waals surface area (Å²) in [4.78, 5) is 22.0. The fourth-order valence-corrected chi connectivity index (χ4v) is 2.40. The largest absolute Gasteiger partial charge is 0.507 e. The number of amidine groups is 1. The number of carboxylic acid groups (broad SMARTS) is 1. The molecule has 3 N–H and O–H groups in total. The summed E-state index contributed by atoms with van der Waals surface area (Å²) in [6.45, 7) is 0. The van der Waals surface area contributed by atoms with E-state index in [1.54, 1.807) is 18.2 Å². The van der Waals surface area contributed by atoms with E-state index in [1.807, 2.05) is 0 Å². The molecular formula is C12H11N3O4S. The Kier molecular flexibility index (Phi) is 4.36. The zero-order valence-corrected chi connectivity index (χ0v) is 11.0. The SMILES string of the molecule is O=C(O)C[C@@H]1S/C(=N/N=C\c2ccccc2O)NC1=O. The Hall–Kier alpha value is -2.35. The van der Waals surface area contributed by atoms with Gasteiger partial charge in [-0.1, -0.05) is 23.9 Å². The second-order valence-corrected chi connectivity index (χ2v) is 5.09. The molecule has 2 rings (SSSR count). The molecule has 8 heteroatoms. The number of thioether (sulfide) groups is 1. The topological polar surface area (TPSA) is 111 Å². The molecule has 20 heavy (non-hydrogen) atoms. The molecule has 1 heterocycles. The molecule has 1 aromatic rings. The van der Waals surface area contributed by atoms with Gasteiger partial charge < -0.3 is 15.5 Å². The maximum absolute atomic E-state index is 11.4. The van der Waals surface area contributed by atoms with Crippen molar-refractivity contribution in [3.8, 4) is 5.75 Å². The van der Waals surface area contributed by atoms with Crippen molar-refractivity contribution in [2.75, 3.05) is 0 Å². The van der Waals surface area contributed by atoms with Crippen LogP contribution in [0.4, 0.5) is 0 Å². The maximum Gasteiger partial charge on any atom is 0.305 e. The number of rotatable bonds is 4. The third-order valence-electron chi connectivity index (χ3n) is 2.42. The van der Waals surface area contributed by atoms with E-state index in [4.69, 9.17) is 5.11 Å². The normalized spacial score (nSPS) is 20.5. The van der Waals surface area contributed by atoms with E-state index in [-0.39, 0.29) is 17.3 Å². The summed E-state index contributed by atoms with van der Waals surface area (Å²) in [5.74, 6) is -1.37. The Bertz CT molecular complexity index is 600. The molecule has 7 nitrogen and oxygen atoms in total. The number of hydrogen-bond acceptors (Lipinski definition) is 6. The van der Waals surface area contributed by atoms with Gasteiger partial charge in [-0.3, -0.25) is 9.59 Å². The minimum absolute atomic E-state index is 0.0725. The molecule has 0 bridgehead atoms. The number of nitrogens with zero attached hydrogens (tertiary/aromatic N) is 2. The van der Waals surface area contributed by atoms with Gasteiger partial charge in [0.05, 0.1) is 12.6 Å². The fraction of sp³-hybridized carbons (Fsp3) is 0.167. The summed E-state index contributed by atoms with van der Waals surface area (Å²) >= 11 is 1.02. The van der Waals surface area contributed by atoms with Crippen LogP contribution in [0.15, 0.2) is 34.5 Å². The summed E-state index contributed by atoms with van der Waals surface area (Å²) < 4.78 is 0. The zero-order chi connectivity index (χ0) is 14.5. The highest BCUT2D eigenvalue weighted by Crippen LogP contribution is 2.22. The van der Waals surface area contributed by atoms with E-state index < -0.39 is 17.1 Å². The van der Waals surface area contributed by atoms with Gasteiger partial charge in [0.2, 0.25) is 5.91 Å². The first-order valence-corrected chi connectivity index (χ1v) is 6.52. The first-order chi connectivity index (χ1) is 9.56. The van der Waals surface area contributed by atoms with Gasteiger partial charge in [0.15, 0.2) is 5.17 Å². The third kappa shape index (κ3) is 3.58. The van der Waals surface area contributed by atoms with Gasteiger partial charge in [-0.15, -0.1) is 5.10 Å². The molecule has 0 radical (unpaired) electrons. The van der Waals surface area contributed by atoms with Crippen LogP contribution in [0.3, 0.4) is 0 Å². The molecule has 0 unspecified atom stereocenters. The predicted molar refractivity (Wildman–Crippen MR) is 74.9 cm³/mol. The summed E-state index contributed by atoms with van der Waals surface area (Å²) in [7, 11) is 0. The van der Waals surface area contributed by atoms with Crippen LogP contribution in [0.5, 0.6) is 5.75 Å². The van der Waals surface area contributed by atoms with E-state index in [2.05, 4.69) is 15.5 Å². The van der Waals surface area contributed by atoms with E-state index in [9.17, 15) is 14.7 Å². The van der Waals surface area contributed by atoms with Crippen LogP contribution in [0.25, 0.3) is 0 Å². The predicted octanol–water partition coefficient (Wildman–Crippen LogP) is 0.788. The van der Waals surface area contributed by atoms with Crippen LogP contribution in [0.1, 0.15) is 12.0 Å². The summed E-state index contributed by atoms with van der Waals surface area (Å²) in [6, 6.07) is 6.60. The van der Waals surface area contributed by atoms with Crippen LogP contribution in [-0.2, 0) is 9.59 Å². The lowest BCUT2D eigenvalue weighted by Crippen LogP contribution is -2.26. The lowest BCUT2D eigenvalue weighted by atomic mass is 10.2. The Morgan fingerprint density at radius 2 is 2.20 bits per heavy atom. The summed E-state index contributed by atoms with van der Waals surface area (Å²) in [5, 5.41) is 27.7. The molecule has 0 saturated carbocycles. The number of phenolic OH excluding ortho intramolecular Hbond substituents is 1. The smallest absolute Gasteiger partial charge is 0.305 e. The van der Waals surface area contributed by atoms with Gasteiger partial charge in [0.25, 0.3) is 0 Å². The lowest BCUT2D eigenvalue weighted by Gasteiger charge is -1.97. The van der Waals surface area contributed by atoms with Crippen molar-refractivity contribution in [3.63, 3.8) is 0 Å². The zero-order valence-electron chi connectivity index (χ0n) is 10.2. The van der Waals surface area contributed by atoms with Gasteiger partial charge in [-0.25, -0.2) is 0 Å². The maximum atomic E-state index is 11.4. The number of phenols is 1. The van der Waals surface area contributed by atoms with Crippen molar-refractivity contribution in [2.45, 2.75) is 11.7 Å². The molecular weight excluding hydrogens is 282 g/mol. The van der Waals surface area contributed by atoms with Gasteiger partial charge >= 0.3 is 5.97 Å². The number of aliphatic carboxylic acids is 1. The number of para-hydroxylation sites is 1. The Morgan fingerprint density at radius 1 is 1.45 bits per heavy atom. The Morgan fingerprint density at radius 3 is 2.90 bits per heavy atom. The van der Waals surface area contributed by atoms with E-state index >= 15 is 0 Å². The molecule has 1 aliphatic rings. The molecule has 0 aromatic heterocycles. The van der Waals surface area contributed by atoms with Crippen molar-refractivity contribution < 1.29 is 19.8 Å². The standard InChI is InChI=1S/C12H11N3O4S/c16-8-4-2-1-3-7(8)6-13-15-12-14-11(19)9(20-12)5-10(17)18/h1-4,6,9,16H,5H2,(H,17,18)(H,14,15,19)/b13-6-/t9-/m0/s1. The molecule has 1 saturated heterocycles. The monoisotopic (exact) mass is 293 g/mol. The first kappa shape index (κ1) is 14.1. The van der Waals surface area contributed by atoms with Crippen LogP contribution in [-0.4, -0.2) is 38.7 Å². The van der Waals surface area contributed by atoms with Gasteiger partial charge in [0, 0.05) is 5.56 Å². The van der Waals surface area contributed by atoms with Crippen molar-refractivity contribution >= 4 is 35.0 Å². The average Bonchev–Trinajstić information content (AvgIpc) is 2.72. The average molecular weight is 293 g/mol. The third-order valence-corrected chi connectivity index (χ3v) is 3.49. The number of carbonyl (C=O) groups is 2. The minimum atomic E-state index is -1.04. The van der Waals surface area contributed by atoms with Gasteiger partial charge in [-0.2, -0.15) is 5.10 Å². The van der Waals surface area contributed by atoms with Crippen molar-refractivity contribution in [3.05, 3.63) is 29.8 Å². The lowest BCUT2D eigenvalue weighted by molar-refractivity contribution is -0.138. The number of carbonyl (C=O) groups excluding carboxylic acids is 1. The van der Waals surface area contributed by atoms with Crippen LogP contribution in [0.2, 0.25) is 0 Å². The molecule has 1 aromatic carbocycles. The first-order valence-electron chi connectivity index (χ1n) is 5.64. The molecule has 1 amide bonds. The highest BCUT2D eigenvalue weighted by Gasteiger charge is 2.32. The quantitative estimate of drug-likeness (QED) is 0.561. The number of carboxylic acids is 1. The highest BCUT2D eigenvalue weighted by molar-refractivity contribution is 8.15. The second kappa shape index (κ2) is 6.20. The molecule has 1 fully saturated rings. The van der Waals surface area contributed by atoms with Crippen LogP contribution >= 0.6 is 11.8 Å². The Balaban J connectivity index is 2.01. The van der Waals surface area contributed by atoms with Gasteiger partial charge in [-0.05, 0) is 12.1 Å². The second-order valence-electron chi connectivity index (χ2n) is 3.90. The van der Waals surface area contributed by atoms with Crippen molar-refractivity contribution in [1.29, 1.82) is 0 Å². The molecule has 1 atom stereocenters. The van der Waals surface area contributed by atoms with Gasteiger partial charge in [0.1, 0.15) is 11.0 Å². The van der Waals surface area contributed by atoms with E-state index in [0.29, 0.717) is 5.56 Å². The highest BCUT2D eigenvalue weighted by atomic mass is 32.2. The number of amides is 1. The van der Waals surface area contributed by atoms with Crippen molar-refractivity contribution in [1.82, 2.24) is 5.32 Å². The molecule has 104 valence electrons. The number of aromatic hydroxyl groups is 1. The van der Waals surface area contributed by atoms with E-state index in [1.165, 1.54) is 12.3 Å².